The molecule has 0 atom stereocenters. The lowest BCUT2D eigenvalue weighted by molar-refractivity contribution is 0.764. The summed E-state index contributed by atoms with van der Waals surface area (Å²) >= 11 is 0. The van der Waals surface area contributed by atoms with E-state index in [1.807, 2.05) is 13.8 Å². The minimum Gasteiger partial charge on any atom is -0.294 e. The van der Waals surface area contributed by atoms with Crippen LogP contribution in [-0.4, -0.2) is 19.7 Å². The Hall–Kier alpha value is -1.91. The molecule has 2 aromatic rings. The van der Waals surface area contributed by atoms with E-state index in [0.717, 1.165) is 24.2 Å². The molecule has 5 heteroatoms. The number of aromatic nitrogens is 4. The first-order chi connectivity index (χ1) is 8.10. The molecular formula is C12H16N4O. The molecule has 0 aliphatic carbocycles. The lowest BCUT2D eigenvalue weighted by Crippen LogP contribution is -2.16. The molecule has 2 heterocycles. The molecule has 0 saturated carbocycles. The third-order valence-electron chi connectivity index (χ3n) is 2.47. The average Bonchev–Trinajstić information content (AvgIpc) is 2.58. The molecule has 0 radical (unpaired) electrons. The molecule has 0 spiro atoms. The van der Waals surface area contributed by atoms with E-state index in [1.54, 1.807) is 12.1 Å². The Morgan fingerprint density at radius 2 is 2.06 bits per heavy atom. The van der Waals surface area contributed by atoms with Gasteiger partial charge in [0.05, 0.1) is 0 Å². The summed E-state index contributed by atoms with van der Waals surface area (Å²) in [6.07, 6.45) is 1.87. The maximum Gasteiger partial charge on any atom is 0.272 e. The summed E-state index contributed by atoms with van der Waals surface area (Å²) in [6.45, 7) is 5.78. The second-order valence-electron chi connectivity index (χ2n) is 4.12. The smallest absolute Gasteiger partial charge is 0.272 e. The highest BCUT2D eigenvalue weighted by molar-refractivity contribution is 5.24. The zero-order valence-electron chi connectivity index (χ0n) is 10.3. The van der Waals surface area contributed by atoms with Crippen LogP contribution in [0.5, 0.6) is 0 Å². The largest absolute Gasteiger partial charge is 0.294 e. The zero-order valence-corrected chi connectivity index (χ0v) is 10.3. The van der Waals surface area contributed by atoms with Gasteiger partial charge in [0.1, 0.15) is 5.82 Å². The van der Waals surface area contributed by atoms with Gasteiger partial charge in [-0.25, -0.2) is 14.6 Å². The van der Waals surface area contributed by atoms with Gasteiger partial charge in [-0.1, -0.05) is 13.3 Å². The summed E-state index contributed by atoms with van der Waals surface area (Å²) in [6, 6.07) is 3.41. The molecular weight excluding hydrogens is 216 g/mol. The second kappa shape index (κ2) is 4.53. The number of aryl methyl sites for hydroxylation is 3. The van der Waals surface area contributed by atoms with E-state index in [1.165, 1.54) is 4.68 Å². The lowest BCUT2D eigenvalue weighted by atomic mass is 10.3. The van der Waals surface area contributed by atoms with E-state index < -0.39 is 0 Å². The summed E-state index contributed by atoms with van der Waals surface area (Å²) in [5.41, 5.74) is 1.71. The van der Waals surface area contributed by atoms with Crippen LogP contribution < -0.4 is 5.56 Å². The van der Waals surface area contributed by atoms with Crippen LogP contribution in [0.4, 0.5) is 0 Å². The number of hydrogen-bond donors (Lipinski definition) is 1. The van der Waals surface area contributed by atoms with Crippen molar-refractivity contribution in [3.05, 3.63) is 39.7 Å². The minimum atomic E-state index is -0.0778. The summed E-state index contributed by atoms with van der Waals surface area (Å²) < 4.78 is 1.46. The van der Waals surface area contributed by atoms with Crippen molar-refractivity contribution in [2.75, 3.05) is 0 Å². The van der Waals surface area contributed by atoms with Gasteiger partial charge < -0.3 is 0 Å². The van der Waals surface area contributed by atoms with Gasteiger partial charge in [0.25, 0.3) is 5.56 Å². The van der Waals surface area contributed by atoms with Crippen molar-refractivity contribution in [3.63, 3.8) is 0 Å². The topological polar surface area (TPSA) is 63.6 Å². The van der Waals surface area contributed by atoms with E-state index in [2.05, 4.69) is 22.0 Å². The predicted molar refractivity (Wildman–Crippen MR) is 65.4 cm³/mol. The lowest BCUT2D eigenvalue weighted by Gasteiger charge is -2.03. The normalized spacial score (nSPS) is 10.8. The zero-order chi connectivity index (χ0) is 12.4. The second-order valence-corrected chi connectivity index (χ2v) is 4.12. The molecule has 0 fully saturated rings. The molecule has 0 saturated heterocycles. The number of nitrogens with zero attached hydrogens (tertiary/aromatic N) is 3. The van der Waals surface area contributed by atoms with E-state index in [0.29, 0.717) is 11.6 Å². The molecule has 0 unspecified atom stereocenters. The fourth-order valence-electron chi connectivity index (χ4n) is 1.82. The Balaban J connectivity index is 2.48. The first-order valence-electron chi connectivity index (χ1n) is 5.73. The molecule has 0 aliphatic heterocycles. The van der Waals surface area contributed by atoms with Crippen LogP contribution in [0.15, 0.2) is 16.9 Å². The van der Waals surface area contributed by atoms with Gasteiger partial charge in [-0.05, 0) is 20.3 Å². The van der Waals surface area contributed by atoms with E-state index in [4.69, 9.17) is 0 Å². The molecule has 2 aromatic heterocycles. The average molecular weight is 232 g/mol. The van der Waals surface area contributed by atoms with Crippen molar-refractivity contribution in [1.82, 2.24) is 19.7 Å². The van der Waals surface area contributed by atoms with Crippen molar-refractivity contribution >= 4 is 0 Å². The molecule has 0 aliphatic rings. The molecule has 17 heavy (non-hydrogen) atoms. The van der Waals surface area contributed by atoms with Gasteiger partial charge in [-0.2, -0.15) is 0 Å². The molecule has 1 N–H and O–H groups in total. The first-order valence-corrected chi connectivity index (χ1v) is 5.73. The molecule has 0 aromatic carbocycles. The summed E-state index contributed by atoms with van der Waals surface area (Å²) in [5.74, 6) is 1.26. The van der Waals surface area contributed by atoms with Gasteiger partial charge in [-0.15, -0.1) is 0 Å². The Morgan fingerprint density at radius 3 is 2.71 bits per heavy atom. The van der Waals surface area contributed by atoms with E-state index in [9.17, 15) is 4.79 Å². The maximum absolute atomic E-state index is 11.8. The highest BCUT2D eigenvalue weighted by Crippen LogP contribution is 2.04. The summed E-state index contributed by atoms with van der Waals surface area (Å²) in [5, 5.41) is 3.07. The van der Waals surface area contributed by atoms with Crippen LogP contribution in [0, 0.1) is 13.8 Å². The number of H-pyrrole nitrogens is 1. The predicted octanol–water partition coefficient (Wildman–Crippen LogP) is 1.52. The highest BCUT2D eigenvalue weighted by atomic mass is 16.1. The molecule has 0 bridgehead atoms. The Kier molecular flexibility index (Phi) is 3.08. The standard InChI is InChI=1S/C12H16N4O/c1-4-5-10-7-12(17)16(15-10)11-6-8(2)13-9(3)14-11/h6-7,15H,4-5H2,1-3H3. The molecule has 90 valence electrons. The number of aromatic amines is 1. The monoisotopic (exact) mass is 232 g/mol. The van der Waals surface area contributed by atoms with Gasteiger partial charge in [0.15, 0.2) is 5.82 Å². The first kappa shape index (κ1) is 11.6. The van der Waals surface area contributed by atoms with Gasteiger partial charge in [0, 0.05) is 23.5 Å². The van der Waals surface area contributed by atoms with E-state index >= 15 is 0 Å². The fraction of sp³-hybridized carbons (Fsp3) is 0.417. The Bertz CT molecular complexity index is 562. The molecule has 5 nitrogen and oxygen atoms in total. The van der Waals surface area contributed by atoms with Crippen LogP contribution in [0.3, 0.4) is 0 Å². The summed E-state index contributed by atoms with van der Waals surface area (Å²) in [4.78, 5) is 20.3. The van der Waals surface area contributed by atoms with Crippen molar-refractivity contribution < 1.29 is 0 Å². The fourth-order valence-corrected chi connectivity index (χ4v) is 1.82. The summed E-state index contributed by atoms with van der Waals surface area (Å²) in [7, 11) is 0. The third-order valence-corrected chi connectivity index (χ3v) is 2.47. The SMILES string of the molecule is CCCc1cc(=O)n(-c2cc(C)nc(C)n2)[nH]1. The van der Waals surface area contributed by atoms with Crippen molar-refractivity contribution in [1.29, 1.82) is 0 Å². The quantitative estimate of drug-likeness (QED) is 0.872. The maximum atomic E-state index is 11.8. The van der Waals surface area contributed by atoms with Gasteiger partial charge in [-0.3, -0.25) is 9.89 Å². The third kappa shape index (κ3) is 2.43. The Morgan fingerprint density at radius 1 is 1.29 bits per heavy atom. The van der Waals surface area contributed by atoms with Crippen LogP contribution in [-0.2, 0) is 6.42 Å². The van der Waals surface area contributed by atoms with Crippen LogP contribution in [0.1, 0.15) is 30.6 Å². The van der Waals surface area contributed by atoms with Gasteiger partial charge in [0.2, 0.25) is 0 Å². The Labute approximate surface area is 99.5 Å². The van der Waals surface area contributed by atoms with Crippen LogP contribution in [0.2, 0.25) is 0 Å². The van der Waals surface area contributed by atoms with Crippen molar-refractivity contribution in [2.24, 2.45) is 0 Å². The van der Waals surface area contributed by atoms with Crippen molar-refractivity contribution in [3.8, 4) is 5.82 Å². The van der Waals surface area contributed by atoms with Crippen LogP contribution >= 0.6 is 0 Å². The van der Waals surface area contributed by atoms with E-state index in [-0.39, 0.29) is 5.56 Å². The van der Waals surface area contributed by atoms with Crippen LogP contribution in [0.25, 0.3) is 5.82 Å². The van der Waals surface area contributed by atoms with Crippen molar-refractivity contribution in [2.45, 2.75) is 33.6 Å². The minimum absolute atomic E-state index is 0.0778. The molecule has 0 amide bonds. The highest BCUT2D eigenvalue weighted by Gasteiger charge is 2.07. The molecule has 2 rings (SSSR count). The number of rotatable bonds is 3. The van der Waals surface area contributed by atoms with Gasteiger partial charge >= 0.3 is 0 Å². The number of hydrogen-bond acceptors (Lipinski definition) is 3. The number of nitrogens with one attached hydrogen (secondary N) is 1.